The third-order valence-electron chi connectivity index (χ3n) is 4.35. The summed E-state index contributed by atoms with van der Waals surface area (Å²) >= 11 is 0. The van der Waals surface area contributed by atoms with Crippen molar-refractivity contribution in [3.8, 4) is 5.75 Å². The van der Waals surface area contributed by atoms with Gasteiger partial charge in [0.05, 0.1) is 12.6 Å². The van der Waals surface area contributed by atoms with Gasteiger partial charge in [0, 0.05) is 24.5 Å². The van der Waals surface area contributed by atoms with Crippen molar-refractivity contribution in [3.05, 3.63) is 30.5 Å². The van der Waals surface area contributed by atoms with Crippen LogP contribution in [-0.4, -0.2) is 34.7 Å². The van der Waals surface area contributed by atoms with Gasteiger partial charge >= 0.3 is 5.97 Å². The zero-order chi connectivity index (χ0) is 17.7. The van der Waals surface area contributed by atoms with Crippen LogP contribution in [0.1, 0.15) is 26.7 Å². The highest BCUT2D eigenvalue weighted by molar-refractivity contribution is 5.86. The molecule has 1 aromatic carbocycles. The zero-order valence-corrected chi connectivity index (χ0v) is 14.3. The molecule has 1 heterocycles. The minimum Gasteiger partial charge on any atom is -0.495 e. The highest BCUT2D eigenvalue weighted by Crippen LogP contribution is 2.26. The monoisotopic (exact) mass is 332 g/mol. The number of nitrogens with one attached hydrogen (secondary N) is 1. The van der Waals surface area contributed by atoms with E-state index in [-0.39, 0.29) is 18.2 Å². The SMILES string of the molecule is CC[C@@H](C)[C@H](NC(=O)CCn1ccc2cccc(OC)c21)C(=O)O. The van der Waals surface area contributed by atoms with Crippen LogP contribution in [0, 0.1) is 5.92 Å². The number of methoxy groups -OCH3 is 1. The van der Waals surface area contributed by atoms with Crippen LogP contribution in [0.15, 0.2) is 30.5 Å². The van der Waals surface area contributed by atoms with Crippen LogP contribution in [-0.2, 0) is 16.1 Å². The van der Waals surface area contributed by atoms with Gasteiger partial charge in [-0.25, -0.2) is 4.79 Å². The second kappa shape index (κ2) is 7.86. The summed E-state index contributed by atoms with van der Waals surface area (Å²) in [6, 6.07) is 6.90. The summed E-state index contributed by atoms with van der Waals surface area (Å²) in [5.74, 6) is -0.620. The van der Waals surface area contributed by atoms with E-state index >= 15 is 0 Å². The molecule has 0 unspecified atom stereocenters. The number of hydrogen-bond acceptors (Lipinski definition) is 3. The first-order chi connectivity index (χ1) is 11.5. The van der Waals surface area contributed by atoms with Gasteiger partial charge in [0.25, 0.3) is 0 Å². The predicted molar refractivity (Wildman–Crippen MR) is 92.1 cm³/mol. The first-order valence-electron chi connectivity index (χ1n) is 8.12. The van der Waals surface area contributed by atoms with E-state index in [1.807, 2.05) is 48.9 Å². The van der Waals surface area contributed by atoms with Crippen molar-refractivity contribution >= 4 is 22.8 Å². The van der Waals surface area contributed by atoms with Gasteiger partial charge in [0.15, 0.2) is 0 Å². The third-order valence-corrected chi connectivity index (χ3v) is 4.35. The van der Waals surface area contributed by atoms with E-state index in [4.69, 9.17) is 4.74 Å². The highest BCUT2D eigenvalue weighted by Gasteiger charge is 2.25. The Balaban J connectivity index is 2.05. The average Bonchev–Trinajstić information content (AvgIpc) is 3.00. The van der Waals surface area contributed by atoms with Crippen molar-refractivity contribution in [3.63, 3.8) is 0 Å². The third kappa shape index (κ3) is 3.88. The number of aryl methyl sites for hydroxylation is 1. The second-order valence-electron chi connectivity index (χ2n) is 5.93. The number of hydrogen-bond donors (Lipinski definition) is 2. The second-order valence-corrected chi connectivity index (χ2v) is 5.93. The number of para-hydroxylation sites is 1. The smallest absolute Gasteiger partial charge is 0.326 e. The van der Waals surface area contributed by atoms with E-state index < -0.39 is 12.0 Å². The molecule has 2 rings (SSSR count). The van der Waals surface area contributed by atoms with Crippen molar-refractivity contribution in [1.82, 2.24) is 9.88 Å². The van der Waals surface area contributed by atoms with Gasteiger partial charge in [-0.15, -0.1) is 0 Å². The van der Waals surface area contributed by atoms with Crippen LogP contribution >= 0.6 is 0 Å². The zero-order valence-electron chi connectivity index (χ0n) is 14.3. The fourth-order valence-corrected chi connectivity index (χ4v) is 2.73. The van der Waals surface area contributed by atoms with Gasteiger partial charge in [-0.3, -0.25) is 4.79 Å². The molecule has 0 aliphatic rings. The van der Waals surface area contributed by atoms with Gasteiger partial charge in [0.1, 0.15) is 11.8 Å². The molecule has 0 aliphatic heterocycles. The van der Waals surface area contributed by atoms with Crippen molar-refractivity contribution in [2.45, 2.75) is 39.3 Å². The molecule has 0 bridgehead atoms. The molecule has 6 nitrogen and oxygen atoms in total. The Kier molecular flexibility index (Phi) is 5.84. The van der Waals surface area contributed by atoms with Gasteiger partial charge in [-0.1, -0.05) is 32.4 Å². The van der Waals surface area contributed by atoms with Crippen molar-refractivity contribution in [1.29, 1.82) is 0 Å². The summed E-state index contributed by atoms with van der Waals surface area (Å²) in [6.07, 6.45) is 2.81. The molecule has 0 spiro atoms. The average molecular weight is 332 g/mol. The summed E-state index contributed by atoms with van der Waals surface area (Å²) in [5.41, 5.74) is 0.935. The number of rotatable bonds is 8. The standard InChI is InChI=1S/C18H24N2O4/c1-4-12(2)16(18(22)23)19-15(21)9-11-20-10-8-13-6-5-7-14(24-3)17(13)20/h5-8,10,12,16H,4,9,11H2,1-3H3,(H,19,21)(H,22,23)/t12-,16+/m1/s1. The summed E-state index contributed by atoms with van der Waals surface area (Å²) in [7, 11) is 1.61. The summed E-state index contributed by atoms with van der Waals surface area (Å²) in [4.78, 5) is 23.4. The van der Waals surface area contributed by atoms with E-state index in [1.165, 1.54) is 0 Å². The lowest BCUT2D eigenvalue weighted by Crippen LogP contribution is -2.45. The van der Waals surface area contributed by atoms with E-state index in [1.54, 1.807) is 7.11 Å². The Morgan fingerprint density at radius 2 is 2.08 bits per heavy atom. The summed E-state index contributed by atoms with van der Waals surface area (Å²) in [5, 5.41) is 12.9. The number of aliphatic carboxylic acids is 1. The minimum atomic E-state index is -0.995. The van der Waals surface area contributed by atoms with E-state index in [9.17, 15) is 14.7 Å². The molecule has 2 N–H and O–H groups in total. The quantitative estimate of drug-likeness (QED) is 0.779. The number of carboxylic acid groups (broad SMARTS) is 1. The number of aromatic nitrogens is 1. The lowest BCUT2D eigenvalue weighted by atomic mass is 9.99. The molecule has 0 radical (unpaired) electrons. The fraction of sp³-hybridized carbons (Fsp3) is 0.444. The Morgan fingerprint density at radius 3 is 2.71 bits per heavy atom. The summed E-state index contributed by atoms with van der Waals surface area (Å²) in [6.45, 7) is 4.19. The number of carbonyl (C=O) groups excluding carboxylic acids is 1. The largest absolute Gasteiger partial charge is 0.495 e. The molecular formula is C18H24N2O4. The van der Waals surface area contributed by atoms with Crippen LogP contribution in [0.5, 0.6) is 5.75 Å². The lowest BCUT2D eigenvalue weighted by molar-refractivity contribution is -0.143. The van der Waals surface area contributed by atoms with Crippen molar-refractivity contribution in [2.24, 2.45) is 5.92 Å². The molecule has 0 saturated carbocycles. The van der Waals surface area contributed by atoms with Crippen molar-refractivity contribution in [2.75, 3.05) is 7.11 Å². The number of amides is 1. The molecule has 0 fully saturated rings. The Hall–Kier alpha value is -2.50. The fourth-order valence-electron chi connectivity index (χ4n) is 2.73. The van der Waals surface area contributed by atoms with Crippen LogP contribution in [0.25, 0.3) is 10.9 Å². The van der Waals surface area contributed by atoms with Gasteiger partial charge in [-0.05, 0) is 18.1 Å². The van der Waals surface area contributed by atoms with Gasteiger partial charge < -0.3 is 19.7 Å². The highest BCUT2D eigenvalue weighted by atomic mass is 16.5. The maximum absolute atomic E-state index is 12.1. The molecular weight excluding hydrogens is 308 g/mol. The van der Waals surface area contributed by atoms with Gasteiger partial charge in [0.2, 0.25) is 5.91 Å². The normalized spacial score (nSPS) is 13.5. The molecule has 1 amide bonds. The number of nitrogens with zero attached hydrogens (tertiary/aromatic N) is 1. The molecule has 2 atom stereocenters. The molecule has 130 valence electrons. The van der Waals surface area contributed by atoms with Crippen molar-refractivity contribution < 1.29 is 19.4 Å². The van der Waals surface area contributed by atoms with Crippen LogP contribution < -0.4 is 10.1 Å². The lowest BCUT2D eigenvalue weighted by Gasteiger charge is -2.20. The Bertz CT molecular complexity index is 723. The maximum Gasteiger partial charge on any atom is 0.326 e. The van der Waals surface area contributed by atoms with Gasteiger partial charge in [-0.2, -0.15) is 0 Å². The predicted octanol–water partition coefficient (Wildman–Crippen LogP) is 2.66. The number of ether oxygens (including phenoxy) is 1. The van der Waals surface area contributed by atoms with E-state index in [2.05, 4.69) is 5.32 Å². The number of carboxylic acids is 1. The molecule has 24 heavy (non-hydrogen) atoms. The first-order valence-corrected chi connectivity index (χ1v) is 8.12. The summed E-state index contributed by atoms with van der Waals surface area (Å²) < 4.78 is 7.33. The first kappa shape index (κ1) is 17.8. The maximum atomic E-state index is 12.1. The molecule has 0 aliphatic carbocycles. The Morgan fingerprint density at radius 1 is 1.33 bits per heavy atom. The number of carbonyl (C=O) groups is 2. The Labute approximate surface area is 141 Å². The number of fused-ring (bicyclic) bond motifs is 1. The van der Waals surface area contributed by atoms with Crippen LogP contribution in [0.2, 0.25) is 0 Å². The molecule has 6 heteroatoms. The van der Waals surface area contributed by atoms with E-state index in [0.717, 1.165) is 16.7 Å². The van der Waals surface area contributed by atoms with Crippen LogP contribution in [0.3, 0.4) is 0 Å². The minimum absolute atomic E-state index is 0.112. The molecule has 1 aromatic heterocycles. The topological polar surface area (TPSA) is 80.6 Å². The van der Waals surface area contributed by atoms with E-state index in [0.29, 0.717) is 13.0 Å². The molecule has 2 aromatic rings. The number of benzene rings is 1. The van der Waals surface area contributed by atoms with Crippen LogP contribution in [0.4, 0.5) is 0 Å². The molecule has 0 saturated heterocycles.